The normalized spacial score (nSPS) is 11.1. The van der Waals surface area contributed by atoms with Gasteiger partial charge in [0, 0.05) is 22.5 Å². The molecule has 0 bridgehead atoms. The Labute approximate surface area is 189 Å². The molecule has 2 N–H and O–H groups in total. The number of hydrogen-bond acceptors (Lipinski definition) is 6. The quantitative estimate of drug-likeness (QED) is 0.440. The van der Waals surface area contributed by atoms with E-state index in [2.05, 4.69) is 10.9 Å². The molecule has 168 valence electrons. The van der Waals surface area contributed by atoms with Gasteiger partial charge in [-0.05, 0) is 56.2 Å². The number of benzene rings is 2. The molecule has 32 heavy (non-hydrogen) atoms. The minimum Gasteiger partial charge on any atom is -0.489 e. The van der Waals surface area contributed by atoms with Crippen LogP contribution in [0.3, 0.4) is 0 Å². The third-order valence-corrected chi connectivity index (χ3v) is 4.39. The van der Waals surface area contributed by atoms with Crippen LogP contribution < -0.4 is 21.2 Å². The maximum absolute atomic E-state index is 12.2. The van der Waals surface area contributed by atoms with Crippen molar-refractivity contribution < 1.29 is 23.5 Å². The molecule has 0 saturated heterocycles. The number of carbonyl (C=O) groups excluding carboxylic acids is 2. The number of halogens is 1. The molecule has 0 aliphatic heterocycles. The van der Waals surface area contributed by atoms with Gasteiger partial charge in [-0.3, -0.25) is 10.2 Å². The third-order valence-electron chi connectivity index (χ3n) is 4.15. The number of fused-ring (bicyclic) bond motifs is 1. The van der Waals surface area contributed by atoms with E-state index in [-0.39, 0.29) is 18.6 Å². The molecule has 0 saturated carbocycles. The maximum Gasteiger partial charge on any atom is 0.426 e. The van der Waals surface area contributed by atoms with Gasteiger partial charge in [-0.2, -0.15) is 0 Å². The van der Waals surface area contributed by atoms with Gasteiger partial charge >= 0.3 is 11.7 Å². The van der Waals surface area contributed by atoms with E-state index in [1.807, 2.05) is 12.1 Å². The number of hydrazine groups is 1. The molecule has 8 nitrogen and oxygen atoms in total. The summed E-state index contributed by atoms with van der Waals surface area (Å²) in [5.41, 5.74) is 4.75. The lowest BCUT2D eigenvalue weighted by Gasteiger charge is -2.19. The van der Waals surface area contributed by atoms with Gasteiger partial charge in [0.05, 0.1) is 6.42 Å². The smallest absolute Gasteiger partial charge is 0.426 e. The summed E-state index contributed by atoms with van der Waals surface area (Å²) in [5, 5.41) is 1.19. The fourth-order valence-electron chi connectivity index (χ4n) is 2.88. The molecule has 0 radical (unpaired) electrons. The Morgan fingerprint density at radius 1 is 1.06 bits per heavy atom. The van der Waals surface area contributed by atoms with Crippen LogP contribution in [0.2, 0.25) is 5.02 Å². The Hall–Kier alpha value is -3.52. The van der Waals surface area contributed by atoms with Gasteiger partial charge in [0.25, 0.3) is 0 Å². The van der Waals surface area contributed by atoms with Crippen LogP contribution in [0.5, 0.6) is 5.75 Å². The minimum atomic E-state index is -0.787. The van der Waals surface area contributed by atoms with Gasteiger partial charge in [-0.1, -0.05) is 23.7 Å². The standard InChI is InChI=1S/C23H23ClN2O6/c1-23(2,3)32-22(29)26-25-20(27)10-15-11-21(28)31-19-12-17(7-8-18(15)19)30-13-14-5-4-6-16(24)9-14/h4-9,11-12H,10,13H2,1-3H3,(H,25,27)(H,26,29). The van der Waals surface area contributed by atoms with Crippen molar-refractivity contribution in [2.24, 2.45) is 0 Å². The molecule has 2 aromatic carbocycles. The van der Waals surface area contributed by atoms with Crippen LogP contribution in [0.4, 0.5) is 4.79 Å². The number of hydrogen-bond donors (Lipinski definition) is 2. The van der Waals surface area contributed by atoms with E-state index in [1.165, 1.54) is 6.07 Å². The van der Waals surface area contributed by atoms with E-state index in [4.69, 9.17) is 25.5 Å². The highest BCUT2D eigenvalue weighted by Gasteiger charge is 2.17. The second kappa shape index (κ2) is 9.74. The summed E-state index contributed by atoms with van der Waals surface area (Å²) in [6, 6.07) is 13.5. The lowest BCUT2D eigenvalue weighted by Crippen LogP contribution is -2.44. The van der Waals surface area contributed by atoms with Crippen molar-refractivity contribution in [2.75, 3.05) is 0 Å². The molecule has 0 aliphatic rings. The van der Waals surface area contributed by atoms with Crippen LogP contribution in [-0.2, 0) is 22.6 Å². The number of nitrogens with one attached hydrogen (secondary N) is 2. The van der Waals surface area contributed by atoms with E-state index in [9.17, 15) is 14.4 Å². The maximum atomic E-state index is 12.2. The summed E-state index contributed by atoms with van der Waals surface area (Å²) in [5.74, 6) is -0.0298. The van der Waals surface area contributed by atoms with Gasteiger partial charge in [-0.15, -0.1) is 0 Å². The Balaban J connectivity index is 1.69. The molecule has 0 unspecified atom stereocenters. The van der Waals surface area contributed by atoms with Gasteiger partial charge < -0.3 is 13.9 Å². The molecule has 0 aliphatic carbocycles. The highest BCUT2D eigenvalue weighted by Crippen LogP contribution is 2.24. The molecular formula is C23H23ClN2O6. The topological polar surface area (TPSA) is 107 Å². The summed E-state index contributed by atoms with van der Waals surface area (Å²) in [6.07, 6.45) is -0.939. The Kier molecular flexibility index (Phi) is 7.05. The summed E-state index contributed by atoms with van der Waals surface area (Å²) in [7, 11) is 0. The van der Waals surface area contributed by atoms with Crippen molar-refractivity contribution in [2.45, 2.75) is 39.4 Å². The minimum absolute atomic E-state index is 0.152. The zero-order chi connectivity index (χ0) is 23.3. The second-order valence-electron chi connectivity index (χ2n) is 8.02. The van der Waals surface area contributed by atoms with Crippen LogP contribution in [0.1, 0.15) is 31.9 Å². The van der Waals surface area contributed by atoms with Crippen LogP contribution in [0, 0.1) is 0 Å². The fraction of sp³-hybridized carbons (Fsp3) is 0.261. The Bertz CT molecular complexity index is 1200. The van der Waals surface area contributed by atoms with Gasteiger partial charge in [0.1, 0.15) is 23.5 Å². The second-order valence-corrected chi connectivity index (χ2v) is 8.46. The van der Waals surface area contributed by atoms with Crippen LogP contribution >= 0.6 is 11.6 Å². The molecule has 0 atom stereocenters. The van der Waals surface area contributed by atoms with Crippen molar-refractivity contribution in [3.05, 3.63) is 75.1 Å². The number of ether oxygens (including phenoxy) is 2. The van der Waals surface area contributed by atoms with Gasteiger partial charge in [-0.25, -0.2) is 15.0 Å². The van der Waals surface area contributed by atoms with Gasteiger partial charge in [0.15, 0.2) is 0 Å². The van der Waals surface area contributed by atoms with E-state index >= 15 is 0 Å². The molecule has 1 heterocycles. The summed E-state index contributed by atoms with van der Waals surface area (Å²) >= 11 is 5.98. The van der Waals surface area contributed by atoms with Crippen molar-refractivity contribution in [1.29, 1.82) is 0 Å². The summed E-state index contributed by atoms with van der Waals surface area (Å²) in [4.78, 5) is 35.9. The first-order valence-electron chi connectivity index (χ1n) is 9.81. The molecular weight excluding hydrogens is 436 g/mol. The highest BCUT2D eigenvalue weighted by molar-refractivity contribution is 6.30. The van der Waals surface area contributed by atoms with Crippen molar-refractivity contribution >= 4 is 34.6 Å². The average Bonchev–Trinajstić information content (AvgIpc) is 2.69. The Morgan fingerprint density at radius 3 is 2.56 bits per heavy atom. The number of carbonyl (C=O) groups is 2. The number of amides is 2. The molecule has 0 fully saturated rings. The monoisotopic (exact) mass is 458 g/mol. The lowest BCUT2D eigenvalue weighted by molar-refractivity contribution is -0.121. The molecule has 0 spiro atoms. The van der Waals surface area contributed by atoms with E-state index in [1.54, 1.807) is 51.1 Å². The predicted molar refractivity (Wildman–Crippen MR) is 119 cm³/mol. The van der Waals surface area contributed by atoms with E-state index in [0.717, 1.165) is 5.56 Å². The number of rotatable bonds is 5. The van der Waals surface area contributed by atoms with Crippen LogP contribution in [0.15, 0.2) is 57.7 Å². The first-order chi connectivity index (χ1) is 15.1. The third kappa shape index (κ3) is 6.75. The summed E-state index contributed by atoms with van der Waals surface area (Å²) < 4.78 is 16.1. The van der Waals surface area contributed by atoms with Gasteiger partial charge in [0.2, 0.25) is 5.91 Å². The Morgan fingerprint density at radius 2 is 1.84 bits per heavy atom. The molecule has 9 heteroatoms. The SMILES string of the molecule is CC(C)(C)OC(=O)NNC(=O)Cc1cc(=O)oc2cc(OCc3cccc(Cl)c3)ccc12. The van der Waals surface area contributed by atoms with Crippen molar-refractivity contribution in [3.63, 3.8) is 0 Å². The van der Waals surface area contributed by atoms with Crippen LogP contribution in [-0.4, -0.2) is 17.6 Å². The zero-order valence-electron chi connectivity index (χ0n) is 17.9. The lowest BCUT2D eigenvalue weighted by atomic mass is 10.1. The highest BCUT2D eigenvalue weighted by atomic mass is 35.5. The van der Waals surface area contributed by atoms with Crippen LogP contribution in [0.25, 0.3) is 11.0 Å². The average molecular weight is 459 g/mol. The van der Waals surface area contributed by atoms with E-state index in [0.29, 0.717) is 21.7 Å². The predicted octanol–water partition coefficient (Wildman–Crippen LogP) is 4.12. The molecule has 1 aromatic heterocycles. The molecule has 3 rings (SSSR count). The van der Waals surface area contributed by atoms with Crippen molar-refractivity contribution in [1.82, 2.24) is 10.9 Å². The van der Waals surface area contributed by atoms with E-state index < -0.39 is 23.2 Å². The zero-order valence-corrected chi connectivity index (χ0v) is 18.6. The van der Waals surface area contributed by atoms with Crippen molar-refractivity contribution in [3.8, 4) is 5.75 Å². The molecule has 3 aromatic rings. The first kappa shape index (κ1) is 23.1. The largest absolute Gasteiger partial charge is 0.489 e. The molecule has 2 amide bonds. The summed E-state index contributed by atoms with van der Waals surface area (Å²) in [6.45, 7) is 5.40. The first-order valence-corrected chi connectivity index (χ1v) is 10.2. The fourth-order valence-corrected chi connectivity index (χ4v) is 3.09.